The van der Waals surface area contributed by atoms with E-state index >= 15 is 0 Å². The number of methoxy groups -OCH3 is 1. The van der Waals surface area contributed by atoms with E-state index in [2.05, 4.69) is 9.97 Å². The molecular weight excluding hydrogens is 294 g/mol. The topological polar surface area (TPSA) is 75.5 Å². The normalized spacial score (nSPS) is 17.8. The molecule has 3 rings (SSSR count). The number of carbonyl (C=O) groups is 1. The van der Waals surface area contributed by atoms with Gasteiger partial charge in [0.25, 0.3) is 0 Å². The molecule has 120 valence electrons. The Hall–Kier alpha value is -2.63. The summed E-state index contributed by atoms with van der Waals surface area (Å²) in [6.07, 6.45) is 3.11. The highest BCUT2D eigenvalue weighted by Gasteiger charge is 2.26. The largest absolute Gasteiger partial charge is 0.497 e. The van der Waals surface area contributed by atoms with Crippen LogP contribution in [0.25, 0.3) is 11.3 Å². The van der Waals surface area contributed by atoms with Gasteiger partial charge in [-0.3, -0.25) is 4.79 Å². The first-order valence-corrected chi connectivity index (χ1v) is 7.61. The van der Waals surface area contributed by atoms with Gasteiger partial charge in [-0.25, -0.2) is 9.97 Å². The number of aliphatic carboxylic acids is 1. The Morgan fingerprint density at radius 3 is 2.78 bits per heavy atom. The number of hydrogen-bond acceptors (Lipinski definition) is 5. The van der Waals surface area contributed by atoms with Crippen molar-refractivity contribution in [1.82, 2.24) is 9.97 Å². The molecule has 0 radical (unpaired) electrons. The average Bonchev–Trinajstić information content (AvgIpc) is 2.62. The first-order valence-electron chi connectivity index (χ1n) is 7.61. The van der Waals surface area contributed by atoms with E-state index in [9.17, 15) is 9.90 Å². The Bertz CT molecular complexity index is 688. The molecule has 1 aliphatic rings. The van der Waals surface area contributed by atoms with Crippen molar-refractivity contribution in [3.05, 3.63) is 36.7 Å². The highest BCUT2D eigenvalue weighted by Crippen LogP contribution is 2.26. The SMILES string of the molecule is COc1ccc(-c2cc(N3CCC[C@H](C(=O)O)C3)ncn2)cc1. The van der Waals surface area contributed by atoms with Gasteiger partial charge < -0.3 is 14.7 Å². The Morgan fingerprint density at radius 1 is 1.30 bits per heavy atom. The molecule has 2 aromatic rings. The van der Waals surface area contributed by atoms with E-state index in [1.807, 2.05) is 35.2 Å². The molecule has 1 fully saturated rings. The summed E-state index contributed by atoms with van der Waals surface area (Å²) in [6, 6.07) is 9.57. The van der Waals surface area contributed by atoms with E-state index in [-0.39, 0.29) is 5.92 Å². The molecule has 0 bridgehead atoms. The molecular formula is C17H19N3O3. The van der Waals surface area contributed by atoms with Crippen LogP contribution in [0.15, 0.2) is 36.7 Å². The molecule has 6 nitrogen and oxygen atoms in total. The molecule has 0 aliphatic carbocycles. The van der Waals surface area contributed by atoms with Crippen LogP contribution in [0, 0.1) is 5.92 Å². The summed E-state index contributed by atoms with van der Waals surface area (Å²) in [5.41, 5.74) is 1.79. The molecule has 0 unspecified atom stereocenters. The number of benzene rings is 1. The minimum Gasteiger partial charge on any atom is -0.497 e. The van der Waals surface area contributed by atoms with Gasteiger partial charge in [0.15, 0.2) is 0 Å². The van der Waals surface area contributed by atoms with Gasteiger partial charge in [-0.15, -0.1) is 0 Å². The predicted octanol–water partition coefficient (Wildman–Crippen LogP) is 2.45. The minimum absolute atomic E-state index is 0.330. The van der Waals surface area contributed by atoms with Crippen molar-refractivity contribution in [3.8, 4) is 17.0 Å². The van der Waals surface area contributed by atoms with Gasteiger partial charge in [-0.1, -0.05) is 0 Å². The van der Waals surface area contributed by atoms with Crippen molar-refractivity contribution in [2.45, 2.75) is 12.8 Å². The van der Waals surface area contributed by atoms with Gasteiger partial charge in [-0.05, 0) is 37.1 Å². The lowest BCUT2D eigenvalue weighted by Crippen LogP contribution is -2.39. The van der Waals surface area contributed by atoms with E-state index in [0.717, 1.165) is 42.2 Å². The van der Waals surface area contributed by atoms with Crippen LogP contribution in [-0.4, -0.2) is 41.2 Å². The van der Waals surface area contributed by atoms with Crippen molar-refractivity contribution in [2.24, 2.45) is 5.92 Å². The second-order valence-corrected chi connectivity index (χ2v) is 5.61. The molecule has 1 saturated heterocycles. The van der Waals surface area contributed by atoms with E-state index in [0.29, 0.717) is 6.54 Å². The van der Waals surface area contributed by atoms with E-state index in [1.165, 1.54) is 6.33 Å². The smallest absolute Gasteiger partial charge is 0.308 e. The molecule has 1 N–H and O–H groups in total. The summed E-state index contributed by atoms with van der Waals surface area (Å²) in [5, 5.41) is 9.21. The van der Waals surface area contributed by atoms with Crippen LogP contribution < -0.4 is 9.64 Å². The zero-order valence-electron chi connectivity index (χ0n) is 13.0. The third-order valence-electron chi connectivity index (χ3n) is 4.13. The predicted molar refractivity (Wildman–Crippen MR) is 86.6 cm³/mol. The van der Waals surface area contributed by atoms with Crippen molar-refractivity contribution in [2.75, 3.05) is 25.1 Å². The third-order valence-corrected chi connectivity index (χ3v) is 4.13. The molecule has 2 heterocycles. The number of rotatable bonds is 4. The van der Waals surface area contributed by atoms with Crippen LogP contribution in [0.5, 0.6) is 5.75 Å². The monoisotopic (exact) mass is 313 g/mol. The Labute approximate surface area is 134 Å². The summed E-state index contributed by atoms with van der Waals surface area (Å²) in [6.45, 7) is 1.32. The lowest BCUT2D eigenvalue weighted by atomic mass is 9.98. The number of aromatic nitrogens is 2. The summed E-state index contributed by atoms with van der Waals surface area (Å²) in [7, 11) is 1.63. The molecule has 0 amide bonds. The van der Waals surface area contributed by atoms with Crippen molar-refractivity contribution >= 4 is 11.8 Å². The van der Waals surface area contributed by atoms with Crippen molar-refractivity contribution in [3.63, 3.8) is 0 Å². The van der Waals surface area contributed by atoms with E-state index in [4.69, 9.17) is 4.74 Å². The third kappa shape index (κ3) is 3.41. The maximum absolute atomic E-state index is 11.2. The van der Waals surface area contributed by atoms with E-state index < -0.39 is 5.97 Å². The Kier molecular flexibility index (Phi) is 4.41. The van der Waals surface area contributed by atoms with Gasteiger partial charge >= 0.3 is 5.97 Å². The fraction of sp³-hybridized carbons (Fsp3) is 0.353. The summed E-state index contributed by atoms with van der Waals surface area (Å²) in [5.74, 6) is 0.502. The van der Waals surface area contributed by atoms with Gasteiger partial charge in [0.1, 0.15) is 17.9 Å². The molecule has 1 atom stereocenters. The molecule has 1 aromatic carbocycles. The molecule has 0 spiro atoms. The second kappa shape index (κ2) is 6.64. The number of anilines is 1. The molecule has 0 saturated carbocycles. The van der Waals surface area contributed by atoms with Crippen LogP contribution in [0.3, 0.4) is 0 Å². The Morgan fingerprint density at radius 2 is 2.09 bits per heavy atom. The first-order chi connectivity index (χ1) is 11.2. The van der Waals surface area contributed by atoms with Crippen LogP contribution in [0.4, 0.5) is 5.82 Å². The van der Waals surface area contributed by atoms with Gasteiger partial charge in [-0.2, -0.15) is 0 Å². The quantitative estimate of drug-likeness (QED) is 0.934. The number of hydrogen-bond donors (Lipinski definition) is 1. The van der Waals surface area contributed by atoms with Gasteiger partial charge in [0.2, 0.25) is 0 Å². The van der Waals surface area contributed by atoms with Gasteiger partial charge in [0.05, 0.1) is 18.7 Å². The van der Waals surface area contributed by atoms with E-state index in [1.54, 1.807) is 7.11 Å². The summed E-state index contributed by atoms with van der Waals surface area (Å²) >= 11 is 0. The molecule has 6 heteroatoms. The maximum Gasteiger partial charge on any atom is 0.308 e. The van der Waals surface area contributed by atoms with Crippen LogP contribution in [0.1, 0.15) is 12.8 Å². The molecule has 23 heavy (non-hydrogen) atoms. The fourth-order valence-corrected chi connectivity index (χ4v) is 2.83. The summed E-state index contributed by atoms with van der Waals surface area (Å²) < 4.78 is 5.16. The highest BCUT2D eigenvalue weighted by atomic mass is 16.5. The molecule has 1 aromatic heterocycles. The standard InChI is InChI=1S/C17H19N3O3/c1-23-14-6-4-12(5-7-14)15-9-16(19-11-18-15)20-8-2-3-13(10-20)17(21)22/h4-7,9,11,13H,2-3,8,10H2,1H3,(H,21,22)/t13-/m0/s1. The second-order valence-electron chi connectivity index (χ2n) is 5.61. The number of carboxylic acid groups (broad SMARTS) is 1. The van der Waals surface area contributed by atoms with Crippen LogP contribution >= 0.6 is 0 Å². The van der Waals surface area contributed by atoms with Crippen molar-refractivity contribution in [1.29, 1.82) is 0 Å². The lowest BCUT2D eigenvalue weighted by molar-refractivity contribution is -0.141. The maximum atomic E-state index is 11.2. The fourth-order valence-electron chi connectivity index (χ4n) is 2.83. The first kappa shape index (κ1) is 15.3. The molecule has 1 aliphatic heterocycles. The van der Waals surface area contributed by atoms with Gasteiger partial charge in [0, 0.05) is 24.7 Å². The number of nitrogens with zero attached hydrogens (tertiary/aromatic N) is 3. The van der Waals surface area contributed by atoms with Crippen LogP contribution in [-0.2, 0) is 4.79 Å². The number of carboxylic acids is 1. The zero-order chi connectivity index (χ0) is 16.2. The van der Waals surface area contributed by atoms with Crippen LogP contribution in [0.2, 0.25) is 0 Å². The zero-order valence-corrected chi connectivity index (χ0v) is 13.0. The number of ether oxygens (including phenoxy) is 1. The average molecular weight is 313 g/mol. The Balaban J connectivity index is 1.82. The highest BCUT2D eigenvalue weighted by molar-refractivity contribution is 5.71. The minimum atomic E-state index is -0.737. The van der Waals surface area contributed by atoms with Crippen molar-refractivity contribution < 1.29 is 14.6 Å². The lowest BCUT2D eigenvalue weighted by Gasteiger charge is -2.31. The number of piperidine rings is 1. The summed E-state index contributed by atoms with van der Waals surface area (Å²) in [4.78, 5) is 21.9.